The number of nitrogens with zero attached hydrogens (tertiary/aromatic N) is 1. The summed E-state index contributed by atoms with van der Waals surface area (Å²) >= 11 is 0. The normalized spacial score (nSPS) is 13.4. The zero-order valence-corrected chi connectivity index (χ0v) is 7.09. The molecule has 3 N–H and O–H groups in total. The summed E-state index contributed by atoms with van der Waals surface area (Å²) in [6, 6.07) is 0. The van der Waals surface area contributed by atoms with Gasteiger partial charge in [-0.1, -0.05) is 13.8 Å². The predicted octanol–water partition coefficient (Wildman–Crippen LogP) is 1.38. The lowest BCUT2D eigenvalue weighted by Crippen LogP contribution is -1.98. The van der Waals surface area contributed by atoms with Gasteiger partial charge in [0.1, 0.15) is 5.82 Å². The van der Waals surface area contributed by atoms with E-state index in [9.17, 15) is 0 Å². The Kier molecular flexibility index (Phi) is 2.65. The van der Waals surface area contributed by atoms with Gasteiger partial charge in [0.25, 0.3) is 0 Å². The van der Waals surface area contributed by atoms with Crippen molar-refractivity contribution in [3.8, 4) is 0 Å². The average molecular weight is 153 g/mol. The van der Waals surface area contributed by atoms with Crippen LogP contribution in [0.15, 0.2) is 6.20 Å². The standard InChI is InChI=1S/C8H15N3/c1-3-6(2)8-10-5-7(4-9)11-8/h5-6H,3-4,9H2,1-2H3,(H,10,11). The molecule has 3 nitrogen and oxygen atoms in total. The summed E-state index contributed by atoms with van der Waals surface area (Å²) < 4.78 is 0. The van der Waals surface area contributed by atoms with E-state index in [1.165, 1.54) is 0 Å². The fraction of sp³-hybridized carbons (Fsp3) is 0.625. The molecule has 11 heavy (non-hydrogen) atoms. The van der Waals surface area contributed by atoms with Crippen LogP contribution in [0.5, 0.6) is 0 Å². The van der Waals surface area contributed by atoms with Gasteiger partial charge < -0.3 is 10.7 Å². The first kappa shape index (κ1) is 8.27. The maximum Gasteiger partial charge on any atom is 0.109 e. The van der Waals surface area contributed by atoms with Crippen molar-refractivity contribution in [2.45, 2.75) is 32.7 Å². The molecule has 0 aliphatic heterocycles. The minimum Gasteiger partial charge on any atom is -0.345 e. The number of H-pyrrole nitrogens is 1. The van der Waals surface area contributed by atoms with E-state index in [0.717, 1.165) is 17.9 Å². The van der Waals surface area contributed by atoms with E-state index in [-0.39, 0.29) is 0 Å². The van der Waals surface area contributed by atoms with Gasteiger partial charge >= 0.3 is 0 Å². The highest BCUT2D eigenvalue weighted by molar-refractivity contribution is 5.03. The van der Waals surface area contributed by atoms with E-state index < -0.39 is 0 Å². The fourth-order valence-corrected chi connectivity index (χ4v) is 0.924. The van der Waals surface area contributed by atoms with E-state index in [1.54, 1.807) is 0 Å². The number of rotatable bonds is 3. The molecule has 1 atom stereocenters. The average Bonchev–Trinajstić information content (AvgIpc) is 2.50. The summed E-state index contributed by atoms with van der Waals surface area (Å²) in [6.07, 6.45) is 2.92. The molecule has 0 saturated heterocycles. The highest BCUT2D eigenvalue weighted by Crippen LogP contribution is 2.13. The third kappa shape index (κ3) is 1.80. The lowest BCUT2D eigenvalue weighted by Gasteiger charge is -2.02. The van der Waals surface area contributed by atoms with Crippen LogP contribution in [-0.2, 0) is 6.54 Å². The van der Waals surface area contributed by atoms with Crippen molar-refractivity contribution in [2.24, 2.45) is 5.73 Å². The molecule has 0 aliphatic carbocycles. The Bertz CT molecular complexity index is 217. The van der Waals surface area contributed by atoms with Crippen molar-refractivity contribution in [3.05, 3.63) is 17.7 Å². The summed E-state index contributed by atoms with van der Waals surface area (Å²) in [7, 11) is 0. The summed E-state index contributed by atoms with van der Waals surface area (Å²) in [5, 5.41) is 0. The van der Waals surface area contributed by atoms with Crippen molar-refractivity contribution >= 4 is 0 Å². The lowest BCUT2D eigenvalue weighted by molar-refractivity contribution is 0.686. The largest absolute Gasteiger partial charge is 0.345 e. The number of nitrogens with two attached hydrogens (primary N) is 1. The Morgan fingerprint density at radius 3 is 2.91 bits per heavy atom. The fourth-order valence-electron chi connectivity index (χ4n) is 0.924. The molecule has 0 amide bonds. The second kappa shape index (κ2) is 3.53. The molecule has 0 fully saturated rings. The van der Waals surface area contributed by atoms with E-state index in [4.69, 9.17) is 5.73 Å². The molecule has 0 aromatic carbocycles. The molecule has 1 rings (SSSR count). The van der Waals surface area contributed by atoms with Gasteiger partial charge in [-0.2, -0.15) is 0 Å². The van der Waals surface area contributed by atoms with Crippen LogP contribution in [0.3, 0.4) is 0 Å². The smallest absolute Gasteiger partial charge is 0.109 e. The first-order chi connectivity index (χ1) is 5.27. The molecule has 0 saturated carbocycles. The van der Waals surface area contributed by atoms with Gasteiger partial charge in [-0.15, -0.1) is 0 Å². The van der Waals surface area contributed by atoms with Gasteiger partial charge in [0.15, 0.2) is 0 Å². The quantitative estimate of drug-likeness (QED) is 0.689. The van der Waals surface area contributed by atoms with Crippen molar-refractivity contribution in [1.29, 1.82) is 0 Å². The van der Waals surface area contributed by atoms with Gasteiger partial charge in [0.05, 0.1) is 0 Å². The first-order valence-corrected chi connectivity index (χ1v) is 4.01. The van der Waals surface area contributed by atoms with Gasteiger partial charge in [-0.25, -0.2) is 4.98 Å². The van der Waals surface area contributed by atoms with E-state index >= 15 is 0 Å². The Morgan fingerprint density at radius 2 is 2.45 bits per heavy atom. The summed E-state index contributed by atoms with van der Waals surface area (Å²) in [6.45, 7) is 4.85. The van der Waals surface area contributed by atoms with Crippen molar-refractivity contribution < 1.29 is 0 Å². The van der Waals surface area contributed by atoms with E-state index in [0.29, 0.717) is 12.5 Å². The molecule has 3 heteroatoms. The van der Waals surface area contributed by atoms with Crippen LogP contribution in [0.2, 0.25) is 0 Å². The molecule has 0 radical (unpaired) electrons. The predicted molar refractivity (Wildman–Crippen MR) is 45.2 cm³/mol. The zero-order chi connectivity index (χ0) is 8.27. The SMILES string of the molecule is CCC(C)c1ncc(CN)[nH]1. The number of nitrogens with one attached hydrogen (secondary N) is 1. The lowest BCUT2D eigenvalue weighted by atomic mass is 10.1. The monoisotopic (exact) mass is 153 g/mol. The van der Waals surface area contributed by atoms with Gasteiger partial charge in [-0.05, 0) is 6.42 Å². The second-order valence-corrected chi connectivity index (χ2v) is 2.81. The molecule has 1 aromatic heterocycles. The highest BCUT2D eigenvalue weighted by Gasteiger charge is 2.05. The number of hydrogen-bond donors (Lipinski definition) is 2. The Morgan fingerprint density at radius 1 is 1.73 bits per heavy atom. The van der Waals surface area contributed by atoms with Gasteiger partial charge in [0.2, 0.25) is 0 Å². The topological polar surface area (TPSA) is 54.7 Å². The highest BCUT2D eigenvalue weighted by atomic mass is 14.9. The number of hydrogen-bond acceptors (Lipinski definition) is 2. The summed E-state index contributed by atoms with van der Waals surface area (Å²) in [5.74, 6) is 1.56. The van der Waals surface area contributed by atoms with Gasteiger partial charge in [-0.3, -0.25) is 0 Å². The molecular weight excluding hydrogens is 138 g/mol. The first-order valence-electron chi connectivity index (χ1n) is 4.01. The van der Waals surface area contributed by atoms with Crippen molar-refractivity contribution in [2.75, 3.05) is 0 Å². The van der Waals surface area contributed by atoms with Crippen LogP contribution in [0, 0.1) is 0 Å². The van der Waals surface area contributed by atoms with E-state index in [1.807, 2.05) is 6.20 Å². The molecule has 0 aliphatic rings. The van der Waals surface area contributed by atoms with Crippen LogP contribution in [-0.4, -0.2) is 9.97 Å². The van der Waals surface area contributed by atoms with Crippen molar-refractivity contribution in [3.63, 3.8) is 0 Å². The third-order valence-corrected chi connectivity index (χ3v) is 1.95. The van der Waals surface area contributed by atoms with E-state index in [2.05, 4.69) is 23.8 Å². The maximum atomic E-state index is 5.43. The van der Waals surface area contributed by atoms with Gasteiger partial charge in [0, 0.05) is 24.4 Å². The minimum atomic E-state index is 0.510. The Balaban J connectivity index is 2.71. The van der Waals surface area contributed by atoms with Crippen LogP contribution in [0.25, 0.3) is 0 Å². The summed E-state index contributed by atoms with van der Waals surface area (Å²) in [5.41, 5.74) is 6.45. The third-order valence-electron chi connectivity index (χ3n) is 1.95. The zero-order valence-electron chi connectivity index (χ0n) is 7.09. The number of aromatic amines is 1. The molecule has 0 bridgehead atoms. The van der Waals surface area contributed by atoms with Crippen molar-refractivity contribution in [1.82, 2.24) is 9.97 Å². The van der Waals surface area contributed by atoms with Crippen LogP contribution in [0.4, 0.5) is 0 Å². The minimum absolute atomic E-state index is 0.510. The van der Waals surface area contributed by atoms with Crippen LogP contribution in [0.1, 0.15) is 37.7 Å². The maximum absolute atomic E-state index is 5.43. The second-order valence-electron chi connectivity index (χ2n) is 2.81. The number of aromatic nitrogens is 2. The summed E-state index contributed by atoms with van der Waals surface area (Å²) in [4.78, 5) is 7.40. The molecule has 1 heterocycles. The number of imidazole rings is 1. The Hall–Kier alpha value is -0.830. The molecule has 1 unspecified atom stereocenters. The van der Waals surface area contributed by atoms with Crippen LogP contribution >= 0.6 is 0 Å². The molecule has 62 valence electrons. The Labute approximate surface area is 67.0 Å². The molecule has 1 aromatic rings. The van der Waals surface area contributed by atoms with Crippen LogP contribution < -0.4 is 5.73 Å². The molecular formula is C8H15N3. The molecule has 0 spiro atoms.